The van der Waals surface area contributed by atoms with Crippen molar-refractivity contribution in [3.8, 4) is 5.88 Å². The van der Waals surface area contributed by atoms with Crippen LogP contribution in [0.4, 0.5) is 0 Å². The molecule has 0 aliphatic heterocycles. The van der Waals surface area contributed by atoms with Crippen LogP contribution >= 0.6 is 0 Å². The molecular formula is C10H10N2O3. The van der Waals surface area contributed by atoms with E-state index < -0.39 is 5.97 Å². The first-order chi connectivity index (χ1) is 7.22. The molecule has 0 aromatic carbocycles. The molecule has 0 amide bonds. The van der Waals surface area contributed by atoms with Gasteiger partial charge in [-0.1, -0.05) is 6.07 Å². The van der Waals surface area contributed by atoms with Crippen LogP contribution in [0.5, 0.6) is 5.88 Å². The van der Waals surface area contributed by atoms with Gasteiger partial charge in [0.05, 0.1) is 19.2 Å². The van der Waals surface area contributed by atoms with Crippen molar-refractivity contribution in [3.63, 3.8) is 0 Å². The van der Waals surface area contributed by atoms with Crippen LogP contribution < -0.4 is 0 Å². The van der Waals surface area contributed by atoms with Crippen LogP contribution in [-0.4, -0.2) is 27.6 Å². The molecule has 0 aliphatic rings. The van der Waals surface area contributed by atoms with Crippen molar-refractivity contribution in [1.29, 1.82) is 0 Å². The standard InChI is InChI=1S/C10H10N2O3/c1-15-9(13)6-7-10(14)11-8-4-2-3-5-12(7)8/h2-5,14H,6H2,1H3. The Morgan fingerprint density at radius 3 is 3.13 bits per heavy atom. The maximum atomic E-state index is 11.1. The van der Waals surface area contributed by atoms with Crippen molar-refractivity contribution in [1.82, 2.24) is 9.38 Å². The highest BCUT2D eigenvalue weighted by Crippen LogP contribution is 2.18. The molecular weight excluding hydrogens is 196 g/mol. The van der Waals surface area contributed by atoms with E-state index in [0.717, 1.165) is 0 Å². The van der Waals surface area contributed by atoms with E-state index in [2.05, 4.69) is 9.72 Å². The first-order valence-electron chi connectivity index (χ1n) is 4.44. The normalized spacial score (nSPS) is 10.5. The quantitative estimate of drug-likeness (QED) is 0.736. The molecule has 78 valence electrons. The Bertz CT molecular complexity index is 504. The van der Waals surface area contributed by atoms with Crippen LogP contribution in [-0.2, 0) is 16.0 Å². The summed E-state index contributed by atoms with van der Waals surface area (Å²) >= 11 is 0. The van der Waals surface area contributed by atoms with E-state index in [1.807, 2.05) is 6.07 Å². The van der Waals surface area contributed by atoms with E-state index in [1.54, 1.807) is 22.7 Å². The molecule has 5 nitrogen and oxygen atoms in total. The first kappa shape index (κ1) is 9.51. The van der Waals surface area contributed by atoms with E-state index in [4.69, 9.17) is 0 Å². The molecule has 0 fully saturated rings. The van der Waals surface area contributed by atoms with E-state index in [-0.39, 0.29) is 12.3 Å². The van der Waals surface area contributed by atoms with Crippen molar-refractivity contribution in [2.45, 2.75) is 6.42 Å². The number of aromatic hydroxyl groups is 1. The summed E-state index contributed by atoms with van der Waals surface area (Å²) in [5.41, 5.74) is 1.05. The van der Waals surface area contributed by atoms with Crippen LogP contribution in [0.15, 0.2) is 24.4 Å². The lowest BCUT2D eigenvalue weighted by Crippen LogP contribution is -2.06. The number of hydrogen-bond donors (Lipinski definition) is 1. The fourth-order valence-corrected chi connectivity index (χ4v) is 1.41. The van der Waals surface area contributed by atoms with Gasteiger partial charge in [0, 0.05) is 6.20 Å². The largest absolute Gasteiger partial charge is 0.492 e. The second-order valence-corrected chi connectivity index (χ2v) is 3.06. The molecule has 2 aromatic heterocycles. The summed E-state index contributed by atoms with van der Waals surface area (Å²) in [5.74, 6) is -0.539. The molecule has 0 radical (unpaired) electrons. The Morgan fingerprint density at radius 1 is 1.60 bits per heavy atom. The molecule has 0 atom stereocenters. The number of methoxy groups -OCH3 is 1. The van der Waals surface area contributed by atoms with E-state index in [9.17, 15) is 9.90 Å². The van der Waals surface area contributed by atoms with Crippen LogP contribution in [0.2, 0.25) is 0 Å². The molecule has 0 bridgehead atoms. The lowest BCUT2D eigenvalue weighted by Gasteiger charge is -2.00. The number of nitrogens with zero attached hydrogens (tertiary/aromatic N) is 2. The monoisotopic (exact) mass is 206 g/mol. The zero-order valence-corrected chi connectivity index (χ0v) is 8.17. The molecule has 0 spiro atoms. The fraction of sp³-hybridized carbons (Fsp3) is 0.200. The van der Waals surface area contributed by atoms with Gasteiger partial charge in [0.1, 0.15) is 5.65 Å². The van der Waals surface area contributed by atoms with Crippen molar-refractivity contribution in [2.75, 3.05) is 7.11 Å². The van der Waals surface area contributed by atoms with E-state index >= 15 is 0 Å². The van der Waals surface area contributed by atoms with Crippen LogP contribution in [0.3, 0.4) is 0 Å². The maximum absolute atomic E-state index is 11.1. The number of ether oxygens (including phenoxy) is 1. The molecule has 0 unspecified atom stereocenters. The second kappa shape index (κ2) is 3.61. The van der Waals surface area contributed by atoms with Gasteiger partial charge in [-0.05, 0) is 12.1 Å². The predicted octanol–water partition coefficient (Wildman–Crippen LogP) is 0.755. The highest BCUT2D eigenvalue weighted by molar-refractivity contribution is 5.73. The molecule has 1 N–H and O–H groups in total. The van der Waals surface area contributed by atoms with Crippen molar-refractivity contribution in [2.24, 2.45) is 0 Å². The van der Waals surface area contributed by atoms with Crippen molar-refractivity contribution < 1.29 is 14.6 Å². The van der Waals surface area contributed by atoms with Gasteiger partial charge in [0.15, 0.2) is 0 Å². The highest BCUT2D eigenvalue weighted by Gasteiger charge is 2.14. The Balaban J connectivity index is 2.49. The van der Waals surface area contributed by atoms with Crippen LogP contribution in [0.25, 0.3) is 5.65 Å². The molecule has 0 aliphatic carbocycles. The van der Waals surface area contributed by atoms with Gasteiger partial charge < -0.3 is 9.84 Å². The Kier molecular flexibility index (Phi) is 2.29. The van der Waals surface area contributed by atoms with Crippen LogP contribution in [0.1, 0.15) is 5.69 Å². The maximum Gasteiger partial charge on any atom is 0.311 e. The Morgan fingerprint density at radius 2 is 2.40 bits per heavy atom. The predicted molar refractivity (Wildman–Crippen MR) is 52.6 cm³/mol. The zero-order chi connectivity index (χ0) is 10.8. The smallest absolute Gasteiger partial charge is 0.311 e. The van der Waals surface area contributed by atoms with Gasteiger partial charge >= 0.3 is 5.97 Å². The summed E-state index contributed by atoms with van der Waals surface area (Å²) < 4.78 is 6.20. The topological polar surface area (TPSA) is 63.8 Å². The number of fused-ring (bicyclic) bond motifs is 1. The third kappa shape index (κ3) is 1.63. The summed E-state index contributed by atoms with van der Waals surface area (Å²) in [6.45, 7) is 0. The second-order valence-electron chi connectivity index (χ2n) is 3.06. The number of carbonyl (C=O) groups excluding carboxylic acids is 1. The van der Waals surface area contributed by atoms with Crippen molar-refractivity contribution in [3.05, 3.63) is 30.1 Å². The van der Waals surface area contributed by atoms with Gasteiger partial charge in [-0.3, -0.25) is 9.20 Å². The fourth-order valence-electron chi connectivity index (χ4n) is 1.41. The summed E-state index contributed by atoms with van der Waals surface area (Å²) in [5, 5.41) is 9.54. The molecule has 15 heavy (non-hydrogen) atoms. The third-order valence-corrected chi connectivity index (χ3v) is 2.15. The first-order valence-corrected chi connectivity index (χ1v) is 4.44. The lowest BCUT2D eigenvalue weighted by molar-refractivity contribution is -0.139. The number of pyridine rings is 1. The minimum absolute atomic E-state index is 0.00745. The Hall–Kier alpha value is -2.04. The minimum atomic E-state index is -0.407. The SMILES string of the molecule is COC(=O)Cc1c(O)nc2ccccn12. The number of hydrogen-bond acceptors (Lipinski definition) is 4. The van der Waals surface area contributed by atoms with Gasteiger partial charge in [-0.2, -0.15) is 4.98 Å². The average molecular weight is 206 g/mol. The summed E-state index contributed by atoms with van der Waals surface area (Å²) in [6.07, 6.45) is 1.74. The zero-order valence-electron chi connectivity index (χ0n) is 8.17. The van der Waals surface area contributed by atoms with Gasteiger partial charge in [0.25, 0.3) is 0 Å². The lowest BCUT2D eigenvalue weighted by atomic mass is 10.3. The number of carbonyl (C=O) groups is 1. The number of aromatic nitrogens is 2. The van der Waals surface area contributed by atoms with Gasteiger partial charge in [-0.25, -0.2) is 0 Å². The number of rotatable bonds is 2. The van der Waals surface area contributed by atoms with Crippen molar-refractivity contribution >= 4 is 11.6 Å². The van der Waals surface area contributed by atoms with E-state index in [0.29, 0.717) is 11.3 Å². The highest BCUT2D eigenvalue weighted by atomic mass is 16.5. The average Bonchev–Trinajstić information content (AvgIpc) is 2.55. The molecule has 0 saturated heterocycles. The summed E-state index contributed by atoms with van der Waals surface area (Å²) in [7, 11) is 1.31. The molecule has 2 rings (SSSR count). The molecule has 5 heteroatoms. The van der Waals surface area contributed by atoms with Crippen LogP contribution in [0, 0.1) is 0 Å². The van der Waals surface area contributed by atoms with E-state index in [1.165, 1.54) is 7.11 Å². The number of imidazole rings is 1. The summed E-state index contributed by atoms with van der Waals surface area (Å²) in [4.78, 5) is 15.0. The Labute approximate surface area is 85.9 Å². The molecule has 2 aromatic rings. The molecule has 2 heterocycles. The number of esters is 1. The molecule has 0 saturated carbocycles. The third-order valence-electron chi connectivity index (χ3n) is 2.15. The van der Waals surface area contributed by atoms with Gasteiger partial charge in [-0.15, -0.1) is 0 Å². The van der Waals surface area contributed by atoms with Gasteiger partial charge in [0.2, 0.25) is 5.88 Å². The minimum Gasteiger partial charge on any atom is -0.492 e. The summed E-state index contributed by atoms with van der Waals surface area (Å²) in [6, 6.07) is 5.36.